The summed E-state index contributed by atoms with van der Waals surface area (Å²) in [5.41, 5.74) is 3.82. The van der Waals surface area contributed by atoms with Crippen LogP contribution in [0, 0.1) is 24.0 Å². The Morgan fingerprint density at radius 3 is 2.27 bits per heavy atom. The molecule has 3 aromatic rings. The summed E-state index contributed by atoms with van der Waals surface area (Å²) >= 11 is 0. The van der Waals surface area contributed by atoms with Crippen LogP contribution in [0.3, 0.4) is 0 Å². The number of nitrogens with zero attached hydrogens (tertiary/aromatic N) is 1. The van der Waals surface area contributed by atoms with E-state index in [1.54, 1.807) is 37.3 Å². The van der Waals surface area contributed by atoms with Gasteiger partial charge in [-0.2, -0.15) is 0 Å². The van der Waals surface area contributed by atoms with E-state index in [4.69, 9.17) is 0 Å². The van der Waals surface area contributed by atoms with Gasteiger partial charge in [-0.05, 0) is 55.8 Å². The van der Waals surface area contributed by atoms with E-state index in [1.807, 2.05) is 25.1 Å². The molecule has 152 valence electrons. The minimum atomic E-state index is -0.479. The van der Waals surface area contributed by atoms with Crippen molar-refractivity contribution in [3.8, 4) is 0 Å². The van der Waals surface area contributed by atoms with Crippen molar-refractivity contribution in [1.29, 1.82) is 0 Å². The first-order valence-electron chi connectivity index (χ1n) is 9.33. The van der Waals surface area contributed by atoms with E-state index in [2.05, 4.69) is 10.6 Å². The summed E-state index contributed by atoms with van der Waals surface area (Å²) < 4.78 is 0. The van der Waals surface area contributed by atoms with Gasteiger partial charge in [0.25, 0.3) is 17.5 Å². The molecule has 0 fully saturated rings. The Bertz CT molecular complexity index is 1110. The fourth-order valence-corrected chi connectivity index (χ4v) is 2.95. The fourth-order valence-electron chi connectivity index (χ4n) is 2.95. The number of carbonyl (C=O) groups is 2. The number of hydrogen-bond acceptors (Lipinski definition) is 4. The summed E-state index contributed by atoms with van der Waals surface area (Å²) in [4.78, 5) is 35.2. The smallest absolute Gasteiger partial charge is 0.272 e. The molecule has 0 saturated carbocycles. The zero-order valence-corrected chi connectivity index (χ0v) is 16.6. The number of nitro benzene ring substituents is 1. The van der Waals surface area contributed by atoms with Gasteiger partial charge in [-0.25, -0.2) is 0 Å². The third kappa shape index (κ3) is 5.08. The highest BCUT2D eigenvalue weighted by molar-refractivity contribution is 6.04. The van der Waals surface area contributed by atoms with Crippen LogP contribution in [-0.2, 0) is 6.54 Å². The molecule has 0 bridgehead atoms. The van der Waals surface area contributed by atoms with Crippen molar-refractivity contribution in [2.24, 2.45) is 0 Å². The van der Waals surface area contributed by atoms with E-state index in [9.17, 15) is 19.7 Å². The minimum absolute atomic E-state index is 0.0245. The zero-order valence-electron chi connectivity index (χ0n) is 16.6. The number of aryl methyl sites for hydroxylation is 2. The second-order valence-electron chi connectivity index (χ2n) is 6.96. The Balaban J connectivity index is 1.63. The molecule has 0 aliphatic rings. The Labute approximate surface area is 173 Å². The van der Waals surface area contributed by atoms with E-state index in [0.29, 0.717) is 22.4 Å². The van der Waals surface area contributed by atoms with Crippen LogP contribution in [0.4, 0.5) is 11.4 Å². The number of amides is 2. The highest BCUT2D eigenvalue weighted by Crippen LogP contribution is 2.19. The van der Waals surface area contributed by atoms with Gasteiger partial charge in [0.15, 0.2) is 0 Å². The summed E-state index contributed by atoms with van der Waals surface area (Å²) in [6.07, 6.45) is 0. The number of anilines is 1. The normalized spacial score (nSPS) is 10.3. The van der Waals surface area contributed by atoms with Gasteiger partial charge >= 0.3 is 0 Å². The minimum Gasteiger partial charge on any atom is -0.348 e. The molecule has 3 aromatic carbocycles. The van der Waals surface area contributed by atoms with Crippen molar-refractivity contribution in [3.05, 3.63) is 105 Å². The lowest BCUT2D eigenvalue weighted by Crippen LogP contribution is -2.23. The number of nitrogens with one attached hydrogen (secondary N) is 2. The van der Waals surface area contributed by atoms with Crippen molar-refractivity contribution in [1.82, 2.24) is 5.32 Å². The van der Waals surface area contributed by atoms with Gasteiger partial charge in [0.2, 0.25) is 0 Å². The first-order chi connectivity index (χ1) is 14.3. The molecule has 0 aliphatic heterocycles. The second-order valence-corrected chi connectivity index (χ2v) is 6.96. The Morgan fingerprint density at radius 1 is 0.900 bits per heavy atom. The molecule has 0 unspecified atom stereocenters. The van der Waals surface area contributed by atoms with Crippen LogP contribution >= 0.6 is 0 Å². The van der Waals surface area contributed by atoms with Crippen molar-refractivity contribution in [2.75, 3.05) is 5.32 Å². The van der Waals surface area contributed by atoms with Crippen LogP contribution in [0.25, 0.3) is 0 Å². The predicted octanol–water partition coefficient (Wildman–Crippen LogP) is 4.39. The van der Waals surface area contributed by atoms with Crippen LogP contribution in [0.2, 0.25) is 0 Å². The van der Waals surface area contributed by atoms with Crippen LogP contribution in [0.5, 0.6) is 0 Å². The quantitative estimate of drug-likeness (QED) is 0.471. The molecule has 0 aliphatic carbocycles. The van der Waals surface area contributed by atoms with Crippen LogP contribution in [0.1, 0.15) is 37.4 Å². The molecule has 7 heteroatoms. The summed E-state index contributed by atoms with van der Waals surface area (Å²) in [6, 6.07) is 18.7. The van der Waals surface area contributed by atoms with Gasteiger partial charge in [0.1, 0.15) is 0 Å². The fraction of sp³-hybridized carbons (Fsp3) is 0.130. The molecule has 0 atom stereocenters. The molecule has 30 heavy (non-hydrogen) atoms. The van der Waals surface area contributed by atoms with Gasteiger partial charge in [-0.1, -0.05) is 29.8 Å². The SMILES string of the molecule is Cc1ccc(C(=O)Nc2cccc(CNC(=O)c3ccc([N+](=O)[O-])c(C)c3)c2)cc1. The first-order valence-corrected chi connectivity index (χ1v) is 9.33. The lowest BCUT2D eigenvalue weighted by atomic mass is 10.1. The summed E-state index contributed by atoms with van der Waals surface area (Å²) in [6.45, 7) is 3.80. The molecular formula is C23H21N3O4. The molecular weight excluding hydrogens is 382 g/mol. The lowest BCUT2D eigenvalue weighted by Gasteiger charge is -2.09. The first kappa shape index (κ1) is 20.7. The van der Waals surface area contributed by atoms with Gasteiger partial charge in [-0.3, -0.25) is 19.7 Å². The molecule has 0 heterocycles. The third-order valence-corrected chi connectivity index (χ3v) is 4.61. The van der Waals surface area contributed by atoms with Crippen LogP contribution < -0.4 is 10.6 Å². The Kier molecular flexibility index (Phi) is 6.22. The zero-order chi connectivity index (χ0) is 21.7. The molecule has 0 saturated heterocycles. The van der Waals surface area contributed by atoms with Crippen molar-refractivity contribution in [3.63, 3.8) is 0 Å². The maximum atomic E-state index is 12.4. The number of benzene rings is 3. The topological polar surface area (TPSA) is 101 Å². The molecule has 0 spiro atoms. The standard InChI is InChI=1S/C23H21N3O4/c1-15-6-8-18(9-7-15)23(28)25-20-5-3-4-17(13-20)14-24-22(27)19-10-11-21(26(29)30)16(2)12-19/h3-13H,14H2,1-2H3,(H,24,27)(H,25,28). The predicted molar refractivity (Wildman–Crippen MR) is 115 cm³/mol. The lowest BCUT2D eigenvalue weighted by molar-refractivity contribution is -0.385. The van der Waals surface area contributed by atoms with Gasteiger partial charge < -0.3 is 10.6 Å². The van der Waals surface area contributed by atoms with Crippen LogP contribution in [0.15, 0.2) is 66.7 Å². The van der Waals surface area contributed by atoms with Crippen LogP contribution in [-0.4, -0.2) is 16.7 Å². The van der Waals surface area contributed by atoms with Crippen molar-refractivity contribution in [2.45, 2.75) is 20.4 Å². The monoisotopic (exact) mass is 403 g/mol. The highest BCUT2D eigenvalue weighted by atomic mass is 16.6. The summed E-state index contributed by atoms with van der Waals surface area (Å²) in [5.74, 6) is -0.542. The van der Waals surface area contributed by atoms with E-state index < -0.39 is 4.92 Å². The van der Waals surface area contributed by atoms with Gasteiger partial charge in [0, 0.05) is 35.0 Å². The summed E-state index contributed by atoms with van der Waals surface area (Å²) in [7, 11) is 0. The molecule has 3 rings (SSSR count). The number of nitro groups is 1. The number of rotatable bonds is 6. The van der Waals surface area contributed by atoms with E-state index in [-0.39, 0.29) is 24.0 Å². The Hall–Kier alpha value is -4.00. The Morgan fingerprint density at radius 2 is 1.60 bits per heavy atom. The number of hydrogen-bond donors (Lipinski definition) is 2. The maximum Gasteiger partial charge on any atom is 0.272 e. The molecule has 7 nitrogen and oxygen atoms in total. The average Bonchev–Trinajstić information content (AvgIpc) is 2.72. The molecule has 2 N–H and O–H groups in total. The summed E-state index contributed by atoms with van der Waals surface area (Å²) in [5, 5.41) is 16.5. The largest absolute Gasteiger partial charge is 0.348 e. The van der Waals surface area contributed by atoms with E-state index in [0.717, 1.165) is 11.1 Å². The van der Waals surface area contributed by atoms with Crippen molar-refractivity contribution >= 4 is 23.2 Å². The van der Waals surface area contributed by atoms with E-state index >= 15 is 0 Å². The molecule has 2 amide bonds. The number of carbonyl (C=O) groups excluding carboxylic acids is 2. The average molecular weight is 403 g/mol. The highest BCUT2D eigenvalue weighted by Gasteiger charge is 2.14. The molecule has 0 aromatic heterocycles. The van der Waals surface area contributed by atoms with Crippen molar-refractivity contribution < 1.29 is 14.5 Å². The third-order valence-electron chi connectivity index (χ3n) is 4.61. The molecule has 0 radical (unpaired) electrons. The van der Waals surface area contributed by atoms with Gasteiger partial charge in [-0.15, -0.1) is 0 Å². The second kappa shape index (κ2) is 9.00. The van der Waals surface area contributed by atoms with E-state index in [1.165, 1.54) is 18.2 Å². The maximum absolute atomic E-state index is 12.4. The van der Waals surface area contributed by atoms with Gasteiger partial charge in [0.05, 0.1) is 4.92 Å².